The zero-order valence-electron chi connectivity index (χ0n) is 19.9. The van der Waals surface area contributed by atoms with Crippen LogP contribution in [0, 0.1) is 45.9 Å². The predicted molar refractivity (Wildman–Crippen MR) is 128 cm³/mol. The number of nitrogens with one attached hydrogen (secondary N) is 1. The van der Waals surface area contributed by atoms with Crippen molar-refractivity contribution in [3.8, 4) is 6.07 Å². The van der Waals surface area contributed by atoms with Gasteiger partial charge in [-0.1, -0.05) is 0 Å². The number of benzene rings is 1. The zero-order valence-corrected chi connectivity index (χ0v) is 20.7. The Hall–Kier alpha value is -2.96. The molecule has 2 aromatic rings. The highest BCUT2D eigenvalue weighted by Gasteiger charge is 2.25. The molecule has 1 aliphatic rings. The first-order valence-electron chi connectivity index (χ1n) is 11.0. The first-order chi connectivity index (χ1) is 15.6. The van der Waals surface area contributed by atoms with Crippen LogP contribution in [0.5, 0.6) is 0 Å². The Bertz CT molecular complexity index is 1180. The van der Waals surface area contributed by atoms with E-state index in [1.54, 1.807) is 23.2 Å². The Kier molecular flexibility index (Phi) is 7.40. The lowest BCUT2D eigenvalue weighted by Gasteiger charge is -2.35. The molecule has 0 atom stereocenters. The maximum Gasteiger partial charge on any atom is 0.241 e. The van der Waals surface area contributed by atoms with E-state index in [1.165, 1.54) is 0 Å². The van der Waals surface area contributed by atoms with Crippen molar-refractivity contribution in [3.63, 3.8) is 0 Å². The molecule has 1 N–H and O–H groups in total. The maximum absolute atomic E-state index is 13.0. The van der Waals surface area contributed by atoms with Crippen molar-refractivity contribution in [2.24, 2.45) is 0 Å². The second-order valence-corrected chi connectivity index (χ2v) is 10.2. The molecule has 8 nitrogen and oxygen atoms in total. The summed E-state index contributed by atoms with van der Waals surface area (Å²) in [5, 5.41) is 9.06. The van der Waals surface area contributed by atoms with Gasteiger partial charge in [-0.25, -0.2) is 18.1 Å². The number of sulfonamides is 1. The van der Waals surface area contributed by atoms with E-state index in [0.29, 0.717) is 36.6 Å². The number of hydrogen-bond donors (Lipinski definition) is 1. The number of rotatable bonds is 6. The molecule has 0 unspecified atom stereocenters. The summed E-state index contributed by atoms with van der Waals surface area (Å²) in [6, 6.07) is 5.51. The lowest BCUT2D eigenvalue weighted by Crippen LogP contribution is -2.49. The highest BCUT2D eigenvalue weighted by atomic mass is 32.2. The molecule has 176 valence electrons. The summed E-state index contributed by atoms with van der Waals surface area (Å²) in [7, 11) is -3.72. The lowest BCUT2D eigenvalue weighted by atomic mass is 9.95. The minimum atomic E-state index is -3.72. The average Bonchev–Trinajstić information content (AvgIpc) is 2.81. The van der Waals surface area contributed by atoms with Crippen LogP contribution in [-0.2, 0) is 14.8 Å². The van der Waals surface area contributed by atoms with Crippen LogP contribution in [0.4, 0.5) is 5.82 Å². The van der Waals surface area contributed by atoms with E-state index < -0.39 is 10.0 Å². The third-order valence-corrected chi connectivity index (χ3v) is 8.40. The molecule has 0 saturated carbocycles. The van der Waals surface area contributed by atoms with Gasteiger partial charge in [-0.05, 0) is 74.6 Å². The average molecular weight is 470 g/mol. The molecule has 1 aromatic carbocycles. The van der Waals surface area contributed by atoms with Crippen LogP contribution >= 0.6 is 0 Å². The van der Waals surface area contributed by atoms with E-state index in [-0.39, 0.29) is 18.9 Å². The molecular formula is C24H31N5O3S. The van der Waals surface area contributed by atoms with Gasteiger partial charge in [0.1, 0.15) is 5.82 Å². The molecule has 9 heteroatoms. The second kappa shape index (κ2) is 9.89. The van der Waals surface area contributed by atoms with E-state index in [9.17, 15) is 13.2 Å². The number of carbonyl (C=O) groups excluding carboxylic acids is 1. The van der Waals surface area contributed by atoms with Crippen molar-refractivity contribution in [1.82, 2.24) is 14.6 Å². The number of nitrogens with zero attached hydrogens (tertiary/aromatic N) is 4. The Balaban J connectivity index is 1.57. The monoisotopic (exact) mass is 469 g/mol. The van der Waals surface area contributed by atoms with E-state index in [2.05, 4.69) is 15.8 Å². The fraction of sp³-hybridized carbons (Fsp3) is 0.458. The second-order valence-electron chi connectivity index (χ2n) is 8.48. The number of piperazine rings is 1. The fourth-order valence-electron chi connectivity index (χ4n) is 4.24. The molecule has 0 bridgehead atoms. The van der Waals surface area contributed by atoms with Gasteiger partial charge in [0, 0.05) is 45.3 Å². The van der Waals surface area contributed by atoms with Crippen LogP contribution in [0.2, 0.25) is 0 Å². The fourth-order valence-corrected chi connectivity index (χ4v) is 5.86. The Morgan fingerprint density at radius 3 is 2.18 bits per heavy atom. The van der Waals surface area contributed by atoms with Gasteiger partial charge in [0.15, 0.2) is 0 Å². The zero-order chi connectivity index (χ0) is 24.3. The first-order valence-corrected chi connectivity index (χ1v) is 12.5. The van der Waals surface area contributed by atoms with E-state index in [4.69, 9.17) is 5.26 Å². The number of amides is 1. The number of pyridine rings is 1. The topological polar surface area (TPSA) is 106 Å². The minimum Gasteiger partial charge on any atom is -0.353 e. The molecule has 1 fully saturated rings. The summed E-state index contributed by atoms with van der Waals surface area (Å²) in [6.45, 7) is 11.9. The van der Waals surface area contributed by atoms with Crippen LogP contribution < -0.4 is 9.62 Å². The quantitative estimate of drug-likeness (QED) is 0.697. The Morgan fingerprint density at radius 2 is 1.61 bits per heavy atom. The normalized spacial score (nSPS) is 14.3. The first kappa shape index (κ1) is 24.7. The Labute approximate surface area is 196 Å². The molecule has 1 aliphatic heterocycles. The van der Waals surface area contributed by atoms with Crippen LogP contribution in [0.25, 0.3) is 0 Å². The summed E-state index contributed by atoms with van der Waals surface area (Å²) in [6.07, 6.45) is 1.71. The van der Waals surface area contributed by atoms with Crippen molar-refractivity contribution >= 4 is 21.7 Å². The van der Waals surface area contributed by atoms with Gasteiger partial charge in [-0.2, -0.15) is 5.26 Å². The summed E-state index contributed by atoms with van der Waals surface area (Å²) in [4.78, 5) is 21.1. The molecule has 1 saturated heterocycles. The number of carbonyl (C=O) groups is 1. The maximum atomic E-state index is 13.0. The summed E-state index contributed by atoms with van der Waals surface area (Å²) in [5.74, 6) is 0.643. The standard InChI is InChI=1S/C24H31N5O3S/c1-16-17(2)19(4)24(20(5)18(16)3)33(31,32)27-9-7-23(30)29-12-10-28(11-13-29)22-14-21(15-25)6-8-26-22/h6,8,14,27H,7,9-13H2,1-5H3. The van der Waals surface area contributed by atoms with E-state index >= 15 is 0 Å². The van der Waals surface area contributed by atoms with Gasteiger partial charge < -0.3 is 9.80 Å². The number of nitriles is 1. The summed E-state index contributed by atoms with van der Waals surface area (Å²) in [5.41, 5.74) is 5.10. The van der Waals surface area contributed by atoms with Crippen LogP contribution in [-0.4, -0.2) is 56.9 Å². The summed E-state index contributed by atoms with van der Waals surface area (Å²) >= 11 is 0. The SMILES string of the molecule is Cc1c(C)c(C)c(S(=O)(=O)NCCC(=O)N2CCN(c3cc(C#N)ccn3)CC2)c(C)c1C. The molecule has 2 heterocycles. The highest BCUT2D eigenvalue weighted by Crippen LogP contribution is 2.29. The van der Waals surface area contributed by atoms with Crippen molar-refractivity contribution in [1.29, 1.82) is 5.26 Å². The molecule has 1 amide bonds. The molecule has 0 spiro atoms. The highest BCUT2D eigenvalue weighted by molar-refractivity contribution is 7.89. The number of anilines is 1. The van der Waals surface area contributed by atoms with Crippen LogP contribution in [0.15, 0.2) is 23.2 Å². The predicted octanol–water partition coefficient (Wildman–Crippen LogP) is 2.51. The largest absolute Gasteiger partial charge is 0.353 e. The molecule has 0 aliphatic carbocycles. The van der Waals surface area contributed by atoms with Crippen molar-refractivity contribution < 1.29 is 13.2 Å². The van der Waals surface area contributed by atoms with Crippen molar-refractivity contribution in [2.75, 3.05) is 37.6 Å². The van der Waals surface area contributed by atoms with Gasteiger partial charge >= 0.3 is 0 Å². The van der Waals surface area contributed by atoms with Gasteiger partial charge in [0.05, 0.1) is 16.5 Å². The Morgan fingerprint density at radius 1 is 1.03 bits per heavy atom. The van der Waals surface area contributed by atoms with Gasteiger partial charge in [0.25, 0.3) is 0 Å². The van der Waals surface area contributed by atoms with Crippen molar-refractivity contribution in [3.05, 3.63) is 51.7 Å². The third kappa shape index (κ3) is 5.18. The lowest BCUT2D eigenvalue weighted by molar-refractivity contribution is -0.131. The molecule has 3 rings (SSSR count). The summed E-state index contributed by atoms with van der Waals surface area (Å²) < 4.78 is 28.7. The smallest absolute Gasteiger partial charge is 0.241 e. The van der Waals surface area contributed by atoms with E-state index in [1.807, 2.05) is 39.5 Å². The van der Waals surface area contributed by atoms with E-state index in [0.717, 1.165) is 33.6 Å². The van der Waals surface area contributed by atoms with Gasteiger partial charge in [0.2, 0.25) is 15.9 Å². The minimum absolute atomic E-state index is 0.0536. The molecular weight excluding hydrogens is 438 g/mol. The van der Waals surface area contributed by atoms with Crippen molar-refractivity contribution in [2.45, 2.75) is 45.9 Å². The van der Waals surface area contributed by atoms with Crippen LogP contribution in [0.1, 0.15) is 39.8 Å². The number of hydrogen-bond acceptors (Lipinski definition) is 6. The van der Waals surface area contributed by atoms with Gasteiger partial charge in [-0.3, -0.25) is 4.79 Å². The number of aromatic nitrogens is 1. The molecule has 0 radical (unpaired) electrons. The van der Waals surface area contributed by atoms with Crippen LogP contribution in [0.3, 0.4) is 0 Å². The third-order valence-electron chi connectivity index (χ3n) is 6.66. The van der Waals surface area contributed by atoms with Gasteiger partial charge in [-0.15, -0.1) is 0 Å². The molecule has 1 aromatic heterocycles. The molecule has 33 heavy (non-hydrogen) atoms.